The third kappa shape index (κ3) is 8.33. The minimum atomic E-state index is -0.204. The minimum absolute atomic E-state index is 0.0247. The molecule has 0 aliphatic heterocycles. The molecule has 0 rings (SSSR count). The molecule has 4 heteroatoms. The van der Waals surface area contributed by atoms with Gasteiger partial charge in [0.2, 0.25) is 0 Å². The van der Waals surface area contributed by atoms with E-state index in [0.29, 0.717) is 0 Å². The molecule has 0 aromatic carbocycles. The smallest absolute Gasteiger partial charge is 0.257 e. The highest BCUT2D eigenvalue weighted by Crippen LogP contribution is 2.09. The van der Waals surface area contributed by atoms with E-state index in [4.69, 9.17) is 0 Å². The van der Waals surface area contributed by atoms with Gasteiger partial charge >= 0.3 is 0 Å². The van der Waals surface area contributed by atoms with Gasteiger partial charge in [-0.15, -0.1) is 0 Å². The van der Waals surface area contributed by atoms with Gasteiger partial charge in [-0.1, -0.05) is 12.6 Å². The van der Waals surface area contributed by atoms with Gasteiger partial charge in [0, 0.05) is 17.5 Å². The van der Waals surface area contributed by atoms with E-state index < -0.39 is 0 Å². The maximum atomic E-state index is 10.3. The van der Waals surface area contributed by atoms with E-state index in [2.05, 4.69) is 17.4 Å². The number of carbonyl (C=O) groups excluding carboxylic acids is 1. The van der Waals surface area contributed by atoms with Gasteiger partial charge in [0.05, 0.1) is 0 Å². The molecule has 2 nitrogen and oxygen atoms in total. The van der Waals surface area contributed by atoms with Gasteiger partial charge in [-0.3, -0.25) is 9.52 Å². The molecule has 0 bridgehead atoms. The molecule has 0 radical (unpaired) electrons. The Kier molecular flexibility index (Phi) is 3.61. The molecule has 0 saturated carbocycles. The van der Waals surface area contributed by atoms with E-state index in [9.17, 15) is 4.79 Å². The van der Waals surface area contributed by atoms with Gasteiger partial charge in [0.25, 0.3) is 4.45 Å². The van der Waals surface area contributed by atoms with Crippen LogP contribution in [-0.4, -0.2) is 9.99 Å². The quantitative estimate of drug-likeness (QED) is 0.460. The Morgan fingerprint density at radius 2 is 2.00 bits per heavy atom. The summed E-state index contributed by atoms with van der Waals surface area (Å²) in [6, 6.07) is 0. The predicted molar refractivity (Wildman–Crippen MR) is 44.9 cm³/mol. The highest BCUT2D eigenvalue weighted by Gasteiger charge is 2.09. The molecule has 0 aromatic rings. The molecule has 0 heterocycles. The summed E-state index contributed by atoms with van der Waals surface area (Å²) in [5.74, 6) is 0. The van der Waals surface area contributed by atoms with Gasteiger partial charge in [0.1, 0.15) is 0 Å². The number of thiol groups is 1. The van der Waals surface area contributed by atoms with E-state index in [1.54, 1.807) is 0 Å². The first-order valence-electron chi connectivity index (χ1n) is 2.59. The number of nitrogens with one attached hydrogen (secondary N) is 1. The first kappa shape index (κ1) is 9.33. The van der Waals surface area contributed by atoms with Crippen LogP contribution in [0.4, 0.5) is 4.79 Å². The van der Waals surface area contributed by atoms with Crippen molar-refractivity contribution in [3.8, 4) is 0 Å². The van der Waals surface area contributed by atoms with Crippen LogP contribution >= 0.6 is 24.6 Å². The van der Waals surface area contributed by atoms with Gasteiger partial charge in [-0.05, 0) is 20.8 Å². The highest BCUT2D eigenvalue weighted by atomic mass is 32.2. The molecular weight excluding hydrogens is 154 g/mol. The molecule has 1 N–H and O–H groups in total. The molecule has 0 aliphatic carbocycles. The van der Waals surface area contributed by atoms with Gasteiger partial charge in [0.15, 0.2) is 0 Å². The molecular formula is C5H11NOS2. The summed E-state index contributed by atoms with van der Waals surface area (Å²) in [6.07, 6.45) is 0. The minimum Gasteiger partial charge on any atom is -0.273 e. The van der Waals surface area contributed by atoms with Crippen molar-refractivity contribution in [2.24, 2.45) is 0 Å². The maximum absolute atomic E-state index is 10.3. The SMILES string of the molecule is CC(C)(C)NSC(=O)S. The Labute approximate surface area is 65.3 Å². The second kappa shape index (κ2) is 3.49. The van der Waals surface area contributed by atoms with Crippen molar-refractivity contribution in [2.45, 2.75) is 26.3 Å². The summed E-state index contributed by atoms with van der Waals surface area (Å²) >= 11 is 4.59. The monoisotopic (exact) mass is 165 g/mol. The maximum Gasteiger partial charge on any atom is 0.257 e. The van der Waals surface area contributed by atoms with Crippen LogP contribution in [0, 0.1) is 0 Å². The highest BCUT2D eigenvalue weighted by molar-refractivity contribution is 8.31. The van der Waals surface area contributed by atoms with Crippen molar-refractivity contribution >= 4 is 29.0 Å². The van der Waals surface area contributed by atoms with Crippen LogP contribution < -0.4 is 4.72 Å². The lowest BCUT2D eigenvalue weighted by Crippen LogP contribution is -2.30. The first-order valence-corrected chi connectivity index (χ1v) is 3.85. The number of rotatable bonds is 1. The molecule has 0 aromatic heterocycles. The molecule has 0 amide bonds. The fraction of sp³-hybridized carbons (Fsp3) is 0.800. The zero-order valence-corrected chi connectivity index (χ0v) is 7.47. The third-order valence-electron chi connectivity index (χ3n) is 0.445. The average Bonchev–Trinajstić information content (AvgIpc) is 1.59. The molecule has 0 spiro atoms. The van der Waals surface area contributed by atoms with Gasteiger partial charge in [-0.2, -0.15) is 0 Å². The molecule has 0 unspecified atom stereocenters. The summed E-state index contributed by atoms with van der Waals surface area (Å²) in [5, 5.41) is 0. The summed E-state index contributed by atoms with van der Waals surface area (Å²) in [5.41, 5.74) is -0.0247. The Morgan fingerprint density at radius 3 is 2.11 bits per heavy atom. The lowest BCUT2D eigenvalue weighted by molar-refractivity contribution is 0.276. The Balaban J connectivity index is 3.39. The zero-order valence-electron chi connectivity index (χ0n) is 5.76. The van der Waals surface area contributed by atoms with E-state index in [-0.39, 0.29) is 9.99 Å². The number of hydrogen-bond donors (Lipinski definition) is 2. The van der Waals surface area contributed by atoms with E-state index in [1.807, 2.05) is 20.8 Å². The summed E-state index contributed by atoms with van der Waals surface area (Å²) < 4.78 is 2.71. The predicted octanol–water partition coefficient (Wildman–Crippen LogP) is 2.07. The standard InChI is InChI=1S/C5H11NOS2/c1-5(2,3)6-9-4(7)8/h6H,1-3H3,(H,7,8). The zero-order chi connectivity index (χ0) is 7.49. The Morgan fingerprint density at radius 1 is 1.56 bits per heavy atom. The first-order chi connectivity index (χ1) is 3.92. The van der Waals surface area contributed by atoms with Gasteiger partial charge in [-0.25, -0.2) is 0 Å². The van der Waals surface area contributed by atoms with E-state index in [1.165, 1.54) is 0 Å². The van der Waals surface area contributed by atoms with Crippen molar-refractivity contribution < 1.29 is 4.79 Å². The van der Waals surface area contributed by atoms with Crippen molar-refractivity contribution in [1.29, 1.82) is 0 Å². The molecule has 54 valence electrons. The summed E-state index contributed by atoms with van der Waals surface area (Å²) in [4.78, 5) is 10.3. The van der Waals surface area contributed by atoms with Crippen molar-refractivity contribution in [3.63, 3.8) is 0 Å². The third-order valence-corrected chi connectivity index (χ3v) is 1.61. The van der Waals surface area contributed by atoms with E-state index in [0.717, 1.165) is 11.9 Å². The largest absolute Gasteiger partial charge is 0.273 e. The van der Waals surface area contributed by atoms with Crippen LogP contribution in [0.1, 0.15) is 20.8 Å². The van der Waals surface area contributed by atoms with Crippen LogP contribution in [0.25, 0.3) is 0 Å². The second-order valence-corrected chi connectivity index (χ2v) is 4.21. The van der Waals surface area contributed by atoms with Crippen molar-refractivity contribution in [2.75, 3.05) is 0 Å². The van der Waals surface area contributed by atoms with Crippen LogP contribution in [0.15, 0.2) is 0 Å². The average molecular weight is 165 g/mol. The summed E-state index contributed by atoms with van der Waals surface area (Å²) in [7, 11) is 0. The Bertz CT molecular complexity index is 108. The molecule has 0 aliphatic rings. The molecule has 9 heavy (non-hydrogen) atoms. The van der Waals surface area contributed by atoms with Crippen LogP contribution in [-0.2, 0) is 0 Å². The van der Waals surface area contributed by atoms with Crippen molar-refractivity contribution in [1.82, 2.24) is 4.72 Å². The van der Waals surface area contributed by atoms with Crippen LogP contribution in [0.3, 0.4) is 0 Å². The lowest BCUT2D eigenvalue weighted by atomic mass is 10.1. The fourth-order valence-electron chi connectivity index (χ4n) is 0.197. The molecule has 0 atom stereocenters. The molecule has 0 saturated heterocycles. The topological polar surface area (TPSA) is 29.1 Å². The number of carbonyl (C=O) groups is 1. The van der Waals surface area contributed by atoms with Crippen LogP contribution in [0.5, 0.6) is 0 Å². The van der Waals surface area contributed by atoms with Crippen molar-refractivity contribution in [3.05, 3.63) is 0 Å². The van der Waals surface area contributed by atoms with Crippen LogP contribution in [0.2, 0.25) is 0 Å². The van der Waals surface area contributed by atoms with Gasteiger partial charge < -0.3 is 0 Å². The lowest BCUT2D eigenvalue weighted by Gasteiger charge is -2.17. The Hall–Kier alpha value is 0.330. The second-order valence-electron chi connectivity index (χ2n) is 2.72. The molecule has 0 fully saturated rings. The number of hydrogen-bond acceptors (Lipinski definition) is 3. The fourth-order valence-corrected chi connectivity index (χ4v) is 0.727. The van der Waals surface area contributed by atoms with E-state index >= 15 is 0 Å². The summed E-state index contributed by atoms with van der Waals surface area (Å²) in [6.45, 7) is 5.95. The normalized spacial score (nSPS) is 11.6.